The third-order valence-electron chi connectivity index (χ3n) is 4.11. The highest BCUT2D eigenvalue weighted by Gasteiger charge is 2.29. The number of amides is 1. The molecule has 0 radical (unpaired) electrons. The van der Waals surface area contributed by atoms with Crippen molar-refractivity contribution in [1.29, 1.82) is 0 Å². The van der Waals surface area contributed by atoms with Gasteiger partial charge in [-0.15, -0.1) is 0 Å². The molecule has 0 saturated carbocycles. The van der Waals surface area contributed by atoms with Gasteiger partial charge in [-0.2, -0.15) is 0 Å². The van der Waals surface area contributed by atoms with Crippen molar-refractivity contribution >= 4 is 22.8 Å². The molecule has 114 valence electrons. The minimum absolute atomic E-state index is 0.239. The molecular formula is C18H13NO4. The quantitative estimate of drug-likeness (QED) is 0.807. The van der Waals surface area contributed by atoms with E-state index in [1.807, 2.05) is 42.5 Å². The van der Waals surface area contributed by atoms with Crippen LogP contribution in [0.4, 0.5) is 0 Å². The van der Waals surface area contributed by atoms with E-state index in [4.69, 9.17) is 9.52 Å². The third-order valence-corrected chi connectivity index (χ3v) is 4.11. The van der Waals surface area contributed by atoms with Crippen molar-refractivity contribution in [2.45, 2.75) is 6.54 Å². The van der Waals surface area contributed by atoms with Crippen LogP contribution >= 0.6 is 0 Å². The molecule has 1 aliphatic heterocycles. The average Bonchev–Trinajstić information content (AvgIpc) is 3.09. The lowest BCUT2D eigenvalue weighted by Gasteiger charge is -2.11. The first-order valence-electron chi connectivity index (χ1n) is 7.24. The van der Waals surface area contributed by atoms with E-state index in [0.717, 1.165) is 27.7 Å². The molecule has 1 N–H and O–H groups in total. The highest BCUT2D eigenvalue weighted by atomic mass is 16.4. The molecule has 0 atom stereocenters. The van der Waals surface area contributed by atoms with E-state index >= 15 is 0 Å². The molecule has 0 fully saturated rings. The number of fused-ring (bicyclic) bond motifs is 2. The van der Waals surface area contributed by atoms with Crippen LogP contribution in [0.3, 0.4) is 0 Å². The van der Waals surface area contributed by atoms with Crippen LogP contribution in [0.25, 0.3) is 22.1 Å². The van der Waals surface area contributed by atoms with Gasteiger partial charge in [0, 0.05) is 23.1 Å². The molecule has 5 heteroatoms. The van der Waals surface area contributed by atoms with Gasteiger partial charge in [0.05, 0.1) is 6.26 Å². The maximum atomic E-state index is 12.4. The molecule has 23 heavy (non-hydrogen) atoms. The maximum absolute atomic E-state index is 12.4. The van der Waals surface area contributed by atoms with Crippen molar-refractivity contribution in [1.82, 2.24) is 4.90 Å². The smallest absolute Gasteiger partial charge is 0.323 e. The van der Waals surface area contributed by atoms with Crippen LogP contribution < -0.4 is 0 Å². The minimum atomic E-state index is -1.01. The van der Waals surface area contributed by atoms with E-state index in [2.05, 4.69) is 0 Å². The van der Waals surface area contributed by atoms with Crippen molar-refractivity contribution in [3.63, 3.8) is 0 Å². The van der Waals surface area contributed by atoms with Gasteiger partial charge in [0.2, 0.25) is 0 Å². The Labute approximate surface area is 131 Å². The first-order valence-corrected chi connectivity index (χ1v) is 7.24. The fraction of sp³-hybridized carbons (Fsp3) is 0.111. The van der Waals surface area contributed by atoms with E-state index in [1.54, 1.807) is 6.26 Å². The summed E-state index contributed by atoms with van der Waals surface area (Å²) in [4.78, 5) is 24.5. The standard InChI is InChI=1S/C18H13NO4/c20-17(21)9-19-8-12-6-5-11(7-14(12)18(19)22)15-10-23-16-4-2-1-3-13(15)16/h1-7,10H,8-9H2,(H,20,21). The van der Waals surface area contributed by atoms with E-state index in [1.165, 1.54) is 4.90 Å². The predicted molar refractivity (Wildman–Crippen MR) is 84.0 cm³/mol. The fourth-order valence-electron chi connectivity index (χ4n) is 3.02. The summed E-state index contributed by atoms with van der Waals surface area (Å²) in [7, 11) is 0. The van der Waals surface area contributed by atoms with Gasteiger partial charge in [-0.05, 0) is 23.3 Å². The average molecular weight is 307 g/mol. The van der Waals surface area contributed by atoms with Crippen molar-refractivity contribution in [3.05, 3.63) is 59.9 Å². The highest BCUT2D eigenvalue weighted by Crippen LogP contribution is 2.33. The van der Waals surface area contributed by atoms with Crippen LogP contribution in [0.1, 0.15) is 15.9 Å². The summed E-state index contributed by atoms with van der Waals surface area (Å²) in [5.41, 5.74) is 4.02. The lowest BCUT2D eigenvalue weighted by molar-refractivity contribution is -0.137. The SMILES string of the molecule is O=C(O)CN1Cc2ccc(-c3coc4ccccc34)cc2C1=O. The van der Waals surface area contributed by atoms with Gasteiger partial charge in [0.1, 0.15) is 12.1 Å². The van der Waals surface area contributed by atoms with Gasteiger partial charge >= 0.3 is 5.97 Å². The zero-order valence-electron chi connectivity index (χ0n) is 12.2. The molecule has 4 rings (SSSR count). The molecule has 0 unspecified atom stereocenters. The highest BCUT2D eigenvalue weighted by molar-refractivity contribution is 6.02. The molecule has 0 spiro atoms. The number of para-hydroxylation sites is 1. The first-order chi connectivity index (χ1) is 11.1. The zero-order valence-corrected chi connectivity index (χ0v) is 12.2. The lowest BCUT2D eigenvalue weighted by atomic mass is 10.00. The summed E-state index contributed by atoms with van der Waals surface area (Å²) in [5.74, 6) is -1.25. The molecule has 5 nitrogen and oxygen atoms in total. The van der Waals surface area contributed by atoms with E-state index < -0.39 is 5.97 Å². The number of aliphatic carboxylic acids is 1. The van der Waals surface area contributed by atoms with Gasteiger partial charge in [-0.1, -0.05) is 30.3 Å². The van der Waals surface area contributed by atoms with Crippen LogP contribution in [-0.2, 0) is 11.3 Å². The van der Waals surface area contributed by atoms with Gasteiger partial charge < -0.3 is 14.4 Å². The molecule has 2 aromatic carbocycles. The molecule has 0 aliphatic carbocycles. The third kappa shape index (κ3) is 2.17. The first kappa shape index (κ1) is 13.6. The Morgan fingerprint density at radius 1 is 1.17 bits per heavy atom. The van der Waals surface area contributed by atoms with Gasteiger partial charge in [-0.3, -0.25) is 9.59 Å². The molecule has 1 aliphatic rings. The molecule has 0 bridgehead atoms. The number of nitrogens with zero attached hydrogens (tertiary/aromatic N) is 1. The van der Waals surface area contributed by atoms with Crippen molar-refractivity contribution in [2.24, 2.45) is 0 Å². The number of carboxylic acids is 1. The summed E-state index contributed by atoms with van der Waals surface area (Å²) >= 11 is 0. The number of rotatable bonds is 3. The van der Waals surface area contributed by atoms with Crippen LogP contribution in [0.15, 0.2) is 53.1 Å². The molecule has 1 aromatic heterocycles. The van der Waals surface area contributed by atoms with Crippen molar-refractivity contribution < 1.29 is 19.1 Å². The minimum Gasteiger partial charge on any atom is -0.480 e. The number of carboxylic acid groups (broad SMARTS) is 1. The Balaban J connectivity index is 1.76. The Kier molecular flexibility index (Phi) is 2.94. The second-order valence-corrected chi connectivity index (χ2v) is 5.57. The van der Waals surface area contributed by atoms with Gasteiger partial charge in [-0.25, -0.2) is 0 Å². The summed E-state index contributed by atoms with van der Waals surface area (Å²) in [6, 6.07) is 13.3. The van der Waals surface area contributed by atoms with Crippen LogP contribution in [0, 0.1) is 0 Å². The largest absolute Gasteiger partial charge is 0.480 e. The summed E-state index contributed by atoms with van der Waals surface area (Å²) < 4.78 is 5.55. The van der Waals surface area contributed by atoms with Crippen LogP contribution in [0.5, 0.6) is 0 Å². The number of benzene rings is 2. The van der Waals surface area contributed by atoms with Gasteiger partial charge in [0.15, 0.2) is 0 Å². The zero-order chi connectivity index (χ0) is 16.0. The van der Waals surface area contributed by atoms with E-state index in [0.29, 0.717) is 12.1 Å². The van der Waals surface area contributed by atoms with Crippen molar-refractivity contribution in [2.75, 3.05) is 6.54 Å². The number of carbonyl (C=O) groups is 2. The predicted octanol–water partition coefficient (Wildman–Crippen LogP) is 3.14. The molecular weight excluding hydrogens is 294 g/mol. The molecule has 1 amide bonds. The second kappa shape index (κ2) is 4.98. The van der Waals surface area contributed by atoms with E-state index in [-0.39, 0.29) is 12.5 Å². The summed E-state index contributed by atoms with van der Waals surface area (Å²) in [5, 5.41) is 9.87. The number of carbonyl (C=O) groups excluding carboxylic acids is 1. The number of furan rings is 1. The Bertz CT molecular complexity index is 941. The Morgan fingerprint density at radius 3 is 2.83 bits per heavy atom. The number of hydrogen-bond acceptors (Lipinski definition) is 3. The van der Waals surface area contributed by atoms with Crippen LogP contribution in [0.2, 0.25) is 0 Å². The number of hydrogen-bond donors (Lipinski definition) is 1. The normalized spacial score (nSPS) is 13.6. The molecule has 2 heterocycles. The maximum Gasteiger partial charge on any atom is 0.323 e. The second-order valence-electron chi connectivity index (χ2n) is 5.57. The Morgan fingerprint density at radius 2 is 2.00 bits per heavy atom. The van der Waals surface area contributed by atoms with Gasteiger partial charge in [0.25, 0.3) is 5.91 Å². The van der Waals surface area contributed by atoms with Crippen LogP contribution in [-0.4, -0.2) is 28.4 Å². The van der Waals surface area contributed by atoms with E-state index in [9.17, 15) is 9.59 Å². The topological polar surface area (TPSA) is 70.8 Å². The lowest BCUT2D eigenvalue weighted by Crippen LogP contribution is -2.29. The van der Waals surface area contributed by atoms with Crippen molar-refractivity contribution in [3.8, 4) is 11.1 Å². The molecule has 3 aromatic rings. The monoisotopic (exact) mass is 307 g/mol. The summed E-state index contributed by atoms with van der Waals surface area (Å²) in [6.45, 7) is 0.0599. The summed E-state index contributed by atoms with van der Waals surface area (Å²) in [6.07, 6.45) is 1.68. The fourth-order valence-corrected chi connectivity index (χ4v) is 3.02. The molecule has 0 saturated heterocycles. The Hall–Kier alpha value is -3.08.